The van der Waals surface area contributed by atoms with Crippen LogP contribution in [0.3, 0.4) is 0 Å². The maximum atomic E-state index is 13.0. The average Bonchev–Trinajstić information content (AvgIpc) is 3.23. The maximum absolute atomic E-state index is 13.0. The molecule has 1 aliphatic rings. The van der Waals surface area contributed by atoms with E-state index in [9.17, 15) is 4.79 Å². The summed E-state index contributed by atoms with van der Waals surface area (Å²) in [6.45, 7) is 6.85. The quantitative estimate of drug-likeness (QED) is 0.825. The Hall–Kier alpha value is -2.22. The summed E-state index contributed by atoms with van der Waals surface area (Å²) in [5.41, 5.74) is 0.955. The predicted molar refractivity (Wildman–Crippen MR) is 89.5 cm³/mol. The van der Waals surface area contributed by atoms with E-state index in [1.54, 1.807) is 25.1 Å². The van der Waals surface area contributed by atoms with E-state index in [-0.39, 0.29) is 24.0 Å². The van der Waals surface area contributed by atoms with Gasteiger partial charge in [0.2, 0.25) is 11.8 Å². The molecule has 2 aromatic rings. The molecule has 136 valence electrons. The van der Waals surface area contributed by atoms with E-state index in [1.165, 1.54) is 0 Å². The third kappa shape index (κ3) is 3.73. The Labute approximate surface area is 147 Å². The van der Waals surface area contributed by atoms with E-state index in [4.69, 9.17) is 9.26 Å². The van der Waals surface area contributed by atoms with E-state index in [1.807, 2.05) is 10.7 Å². The fraction of sp³-hybridized carbons (Fsp3) is 0.647. The van der Waals surface area contributed by atoms with Gasteiger partial charge in [0.25, 0.3) is 0 Å². The Kier molecular flexibility index (Phi) is 5.17. The molecule has 8 heteroatoms. The molecule has 8 nitrogen and oxygen atoms in total. The minimum Gasteiger partial charge on any atom is -0.371 e. The van der Waals surface area contributed by atoms with Crippen LogP contribution < -0.4 is 0 Å². The van der Waals surface area contributed by atoms with Crippen LogP contribution in [0.5, 0.6) is 0 Å². The molecule has 0 unspecified atom stereocenters. The van der Waals surface area contributed by atoms with Gasteiger partial charge < -0.3 is 14.2 Å². The second kappa shape index (κ2) is 7.35. The van der Waals surface area contributed by atoms with Crippen molar-refractivity contribution in [2.75, 3.05) is 13.7 Å². The third-order valence-electron chi connectivity index (χ3n) is 4.45. The van der Waals surface area contributed by atoms with Gasteiger partial charge in [-0.3, -0.25) is 9.48 Å². The molecule has 0 bridgehead atoms. The Morgan fingerprint density at radius 1 is 1.48 bits per heavy atom. The number of aromatic nitrogens is 4. The summed E-state index contributed by atoms with van der Waals surface area (Å²) in [5.74, 6) is 0.800. The van der Waals surface area contributed by atoms with E-state index in [0.717, 1.165) is 18.5 Å². The van der Waals surface area contributed by atoms with Crippen LogP contribution in [-0.2, 0) is 16.1 Å². The zero-order chi connectivity index (χ0) is 18.0. The first-order valence-electron chi connectivity index (χ1n) is 8.66. The summed E-state index contributed by atoms with van der Waals surface area (Å²) < 4.78 is 12.9. The molecule has 3 rings (SSSR count). The molecule has 3 heterocycles. The lowest BCUT2D eigenvalue weighted by atomic mass is 9.90. The fourth-order valence-electron chi connectivity index (χ4n) is 3.29. The number of amides is 1. The van der Waals surface area contributed by atoms with Gasteiger partial charge in [-0.25, -0.2) is 0 Å². The van der Waals surface area contributed by atoms with Crippen LogP contribution >= 0.6 is 0 Å². The molecule has 1 saturated heterocycles. The van der Waals surface area contributed by atoms with Crippen LogP contribution in [0.1, 0.15) is 56.2 Å². The normalized spacial score (nSPS) is 20.8. The molecule has 2 aromatic heterocycles. The Morgan fingerprint density at radius 3 is 2.96 bits per heavy atom. The third-order valence-corrected chi connectivity index (χ3v) is 4.45. The Bertz CT molecular complexity index is 723. The van der Waals surface area contributed by atoms with Crippen LogP contribution in [0.2, 0.25) is 0 Å². The summed E-state index contributed by atoms with van der Waals surface area (Å²) >= 11 is 0. The van der Waals surface area contributed by atoms with Gasteiger partial charge in [-0.05, 0) is 32.8 Å². The molecule has 0 aromatic carbocycles. The summed E-state index contributed by atoms with van der Waals surface area (Å²) in [6, 6.07) is 2.16. The van der Waals surface area contributed by atoms with Crippen molar-refractivity contribution in [2.45, 2.75) is 52.3 Å². The topological polar surface area (TPSA) is 86.3 Å². The van der Waals surface area contributed by atoms with Gasteiger partial charge in [-0.2, -0.15) is 10.1 Å². The van der Waals surface area contributed by atoms with E-state index in [2.05, 4.69) is 29.1 Å². The van der Waals surface area contributed by atoms with Gasteiger partial charge in [0.15, 0.2) is 5.82 Å². The van der Waals surface area contributed by atoms with E-state index >= 15 is 0 Å². The smallest absolute Gasteiger partial charge is 0.228 e. The van der Waals surface area contributed by atoms with Crippen molar-refractivity contribution >= 4 is 5.91 Å². The average molecular weight is 347 g/mol. The molecular formula is C17H25N5O3. The van der Waals surface area contributed by atoms with Crippen molar-refractivity contribution in [1.82, 2.24) is 24.8 Å². The van der Waals surface area contributed by atoms with Gasteiger partial charge >= 0.3 is 0 Å². The summed E-state index contributed by atoms with van der Waals surface area (Å²) in [5, 5.41) is 8.24. The predicted octanol–water partition coefficient (Wildman–Crippen LogP) is 2.28. The minimum atomic E-state index is -0.277. The Balaban J connectivity index is 1.77. The van der Waals surface area contributed by atoms with Crippen LogP contribution in [-0.4, -0.2) is 44.4 Å². The van der Waals surface area contributed by atoms with E-state index < -0.39 is 0 Å². The molecule has 25 heavy (non-hydrogen) atoms. The molecule has 1 amide bonds. The number of aryl methyl sites for hydroxylation is 1. The Morgan fingerprint density at radius 2 is 2.28 bits per heavy atom. The fourth-order valence-corrected chi connectivity index (χ4v) is 3.29. The monoisotopic (exact) mass is 347 g/mol. The highest BCUT2D eigenvalue weighted by atomic mass is 16.5. The summed E-state index contributed by atoms with van der Waals surface area (Å²) in [7, 11) is 1.76. The van der Waals surface area contributed by atoms with Crippen molar-refractivity contribution in [3.05, 3.63) is 29.7 Å². The largest absolute Gasteiger partial charge is 0.371 e. The number of hydrogen-bond donors (Lipinski definition) is 0. The lowest BCUT2D eigenvalue weighted by Crippen LogP contribution is -2.39. The first-order chi connectivity index (χ1) is 12.0. The summed E-state index contributed by atoms with van der Waals surface area (Å²) in [6.07, 6.45) is 3.15. The van der Waals surface area contributed by atoms with Gasteiger partial charge in [-0.15, -0.1) is 0 Å². The zero-order valence-corrected chi connectivity index (χ0v) is 15.2. The standard InChI is InChI=1S/C17H25N5O3/c1-11(2)22-14(7-8-18-22)16-13(6-5-9-24-16)17(23)21(4)10-15-19-12(3)25-20-15/h7-8,11,13,16H,5-6,9-10H2,1-4H3/t13-,16-/m1/s1. The maximum Gasteiger partial charge on any atom is 0.228 e. The van der Waals surface area contributed by atoms with Crippen molar-refractivity contribution in [3.8, 4) is 0 Å². The molecule has 1 aliphatic heterocycles. The molecule has 0 N–H and O–H groups in total. The minimum absolute atomic E-state index is 0.0312. The first kappa shape index (κ1) is 17.6. The highest BCUT2D eigenvalue weighted by molar-refractivity contribution is 5.79. The second-order valence-corrected chi connectivity index (χ2v) is 6.76. The first-order valence-corrected chi connectivity index (χ1v) is 8.66. The molecule has 1 fully saturated rings. The lowest BCUT2D eigenvalue weighted by molar-refractivity contribution is -0.145. The molecule has 0 spiro atoms. The van der Waals surface area contributed by atoms with Gasteiger partial charge in [0.1, 0.15) is 6.10 Å². The number of carbonyl (C=O) groups excluding carboxylic acids is 1. The highest BCUT2D eigenvalue weighted by Gasteiger charge is 2.37. The van der Waals surface area contributed by atoms with Crippen LogP contribution in [0.4, 0.5) is 0 Å². The van der Waals surface area contributed by atoms with Crippen LogP contribution in [0.15, 0.2) is 16.8 Å². The molecule has 0 aliphatic carbocycles. The van der Waals surface area contributed by atoms with Crippen LogP contribution in [0, 0.1) is 12.8 Å². The zero-order valence-electron chi connectivity index (χ0n) is 15.2. The molecule has 0 radical (unpaired) electrons. The van der Waals surface area contributed by atoms with Gasteiger partial charge in [0.05, 0.1) is 18.2 Å². The van der Waals surface area contributed by atoms with Crippen molar-refractivity contribution < 1.29 is 14.1 Å². The van der Waals surface area contributed by atoms with E-state index in [0.29, 0.717) is 24.9 Å². The molecular weight excluding hydrogens is 322 g/mol. The molecule has 2 atom stereocenters. The van der Waals surface area contributed by atoms with Gasteiger partial charge in [0, 0.05) is 32.8 Å². The number of ether oxygens (including phenoxy) is 1. The van der Waals surface area contributed by atoms with Crippen molar-refractivity contribution in [1.29, 1.82) is 0 Å². The second-order valence-electron chi connectivity index (χ2n) is 6.76. The highest BCUT2D eigenvalue weighted by Crippen LogP contribution is 2.35. The van der Waals surface area contributed by atoms with Gasteiger partial charge in [-0.1, -0.05) is 5.16 Å². The number of hydrogen-bond acceptors (Lipinski definition) is 6. The SMILES string of the molecule is Cc1nc(CN(C)C(=O)[C@@H]2CCCO[C@H]2c2ccnn2C(C)C)no1. The van der Waals surface area contributed by atoms with Crippen molar-refractivity contribution in [2.24, 2.45) is 5.92 Å². The van der Waals surface area contributed by atoms with Crippen molar-refractivity contribution in [3.63, 3.8) is 0 Å². The lowest BCUT2D eigenvalue weighted by Gasteiger charge is -2.33. The molecule has 0 saturated carbocycles. The number of nitrogens with zero attached hydrogens (tertiary/aromatic N) is 5. The number of rotatable bonds is 5. The van der Waals surface area contributed by atoms with Crippen LogP contribution in [0.25, 0.3) is 0 Å². The number of carbonyl (C=O) groups is 1. The summed E-state index contributed by atoms with van der Waals surface area (Å²) in [4.78, 5) is 18.8.